The zero-order valence-corrected chi connectivity index (χ0v) is 17.3. The van der Waals surface area contributed by atoms with Crippen LogP contribution in [-0.2, 0) is 13.6 Å². The van der Waals surface area contributed by atoms with Gasteiger partial charge in [-0.15, -0.1) is 0 Å². The number of anilines is 1. The molecule has 0 saturated heterocycles. The third-order valence-corrected chi connectivity index (χ3v) is 5.04. The van der Waals surface area contributed by atoms with E-state index in [4.69, 9.17) is 0 Å². The molecule has 2 heterocycles. The van der Waals surface area contributed by atoms with Gasteiger partial charge in [-0.3, -0.25) is 14.2 Å². The van der Waals surface area contributed by atoms with E-state index in [1.165, 1.54) is 10.7 Å². The van der Waals surface area contributed by atoms with Crippen LogP contribution in [0.3, 0.4) is 0 Å². The fourth-order valence-electron chi connectivity index (χ4n) is 3.45. The number of fused-ring (bicyclic) bond motifs is 1. The maximum Gasteiger partial charge on any atom is 0.387 e. The van der Waals surface area contributed by atoms with E-state index >= 15 is 0 Å². The van der Waals surface area contributed by atoms with E-state index in [1.54, 1.807) is 53.3 Å². The standard InChI is InChI=1S/C22H21F2N5O2/c1-27(2)22-25-11-16(12-26-22)14-8-9-17-18(10-14)29(28(3)20(17)30)13-15-6-4-5-7-19(15)31-21(23)24/h4-12,21H,13H2,1-3H3. The number of nitrogens with zero attached hydrogens (tertiary/aromatic N) is 5. The first-order chi connectivity index (χ1) is 14.8. The largest absolute Gasteiger partial charge is 0.434 e. The van der Waals surface area contributed by atoms with Crippen molar-refractivity contribution >= 4 is 16.9 Å². The van der Waals surface area contributed by atoms with Gasteiger partial charge in [0.15, 0.2) is 0 Å². The lowest BCUT2D eigenvalue weighted by Gasteiger charge is -2.14. The first-order valence-corrected chi connectivity index (χ1v) is 9.57. The molecule has 0 aliphatic rings. The van der Waals surface area contributed by atoms with Gasteiger partial charge >= 0.3 is 6.61 Å². The average Bonchev–Trinajstić information content (AvgIpc) is 2.99. The summed E-state index contributed by atoms with van der Waals surface area (Å²) in [5, 5.41) is 0.532. The van der Waals surface area contributed by atoms with Gasteiger partial charge in [0.2, 0.25) is 5.95 Å². The lowest BCUT2D eigenvalue weighted by Crippen LogP contribution is -2.20. The van der Waals surface area contributed by atoms with Crippen LogP contribution in [0, 0.1) is 0 Å². The Morgan fingerprint density at radius 1 is 1.06 bits per heavy atom. The van der Waals surface area contributed by atoms with Crippen molar-refractivity contribution in [2.45, 2.75) is 13.2 Å². The minimum atomic E-state index is -2.93. The number of hydrogen-bond acceptors (Lipinski definition) is 5. The van der Waals surface area contributed by atoms with E-state index in [0.29, 0.717) is 22.4 Å². The lowest BCUT2D eigenvalue weighted by molar-refractivity contribution is -0.0505. The quantitative estimate of drug-likeness (QED) is 0.473. The summed E-state index contributed by atoms with van der Waals surface area (Å²) in [5.74, 6) is 0.674. The van der Waals surface area contributed by atoms with Crippen molar-refractivity contribution in [3.63, 3.8) is 0 Å². The van der Waals surface area contributed by atoms with Crippen LogP contribution in [0.2, 0.25) is 0 Å². The zero-order valence-electron chi connectivity index (χ0n) is 17.3. The van der Waals surface area contributed by atoms with Gasteiger partial charge in [-0.2, -0.15) is 8.78 Å². The number of benzene rings is 2. The number of hydrogen-bond donors (Lipinski definition) is 0. The summed E-state index contributed by atoms with van der Waals surface area (Å²) in [5.41, 5.74) is 2.69. The lowest BCUT2D eigenvalue weighted by atomic mass is 10.1. The molecule has 0 fully saturated rings. The van der Waals surface area contributed by atoms with Crippen LogP contribution in [0.15, 0.2) is 59.7 Å². The van der Waals surface area contributed by atoms with E-state index in [1.807, 2.05) is 26.2 Å². The second kappa shape index (κ2) is 8.17. The summed E-state index contributed by atoms with van der Waals surface area (Å²) in [7, 11) is 5.37. The SMILES string of the molecule is CN(C)c1ncc(-c2ccc3c(=O)n(C)n(Cc4ccccc4OC(F)F)c3c2)cn1. The molecule has 0 bridgehead atoms. The smallest absolute Gasteiger partial charge is 0.387 e. The summed E-state index contributed by atoms with van der Waals surface area (Å²) in [4.78, 5) is 23.2. The molecule has 2 aromatic carbocycles. The summed E-state index contributed by atoms with van der Waals surface area (Å²) < 4.78 is 33.4. The van der Waals surface area contributed by atoms with Gasteiger partial charge in [0, 0.05) is 44.7 Å². The number of rotatable bonds is 6. The normalized spacial score (nSPS) is 11.3. The van der Waals surface area contributed by atoms with Crippen molar-refractivity contribution in [2.24, 2.45) is 7.05 Å². The second-order valence-corrected chi connectivity index (χ2v) is 7.27. The van der Waals surface area contributed by atoms with Gasteiger partial charge in [0.25, 0.3) is 5.56 Å². The van der Waals surface area contributed by atoms with E-state index < -0.39 is 6.61 Å². The Hall–Kier alpha value is -3.75. The number of ether oxygens (including phenoxy) is 1. The van der Waals surface area contributed by atoms with Crippen molar-refractivity contribution in [1.82, 2.24) is 19.3 Å². The molecule has 0 amide bonds. The molecule has 0 N–H and O–H groups in total. The maximum absolute atomic E-state index is 12.8. The van der Waals surface area contributed by atoms with Crippen molar-refractivity contribution in [2.75, 3.05) is 19.0 Å². The minimum absolute atomic E-state index is 0.0793. The Morgan fingerprint density at radius 2 is 1.77 bits per heavy atom. The molecule has 7 nitrogen and oxygen atoms in total. The molecule has 4 rings (SSSR count). The maximum atomic E-state index is 12.8. The van der Waals surface area contributed by atoms with Gasteiger partial charge < -0.3 is 9.64 Å². The molecule has 9 heteroatoms. The van der Waals surface area contributed by atoms with Crippen molar-refractivity contribution in [1.29, 1.82) is 0 Å². The summed E-state index contributed by atoms with van der Waals surface area (Å²) in [6, 6.07) is 12.0. The van der Waals surface area contributed by atoms with E-state index in [2.05, 4.69) is 14.7 Å². The Bertz CT molecular complexity index is 1280. The van der Waals surface area contributed by atoms with Crippen LogP contribution >= 0.6 is 0 Å². The topological polar surface area (TPSA) is 65.2 Å². The van der Waals surface area contributed by atoms with E-state index in [0.717, 1.165) is 11.1 Å². The van der Waals surface area contributed by atoms with Crippen molar-refractivity contribution < 1.29 is 13.5 Å². The van der Waals surface area contributed by atoms with Crippen LogP contribution in [0.5, 0.6) is 5.75 Å². The Balaban J connectivity index is 1.79. The van der Waals surface area contributed by atoms with Gasteiger partial charge in [0.1, 0.15) is 5.75 Å². The van der Waals surface area contributed by atoms with Crippen LogP contribution in [0.4, 0.5) is 14.7 Å². The van der Waals surface area contributed by atoms with Gasteiger partial charge in [0.05, 0.1) is 17.4 Å². The average molecular weight is 425 g/mol. The molecule has 0 aliphatic heterocycles. The fourth-order valence-corrected chi connectivity index (χ4v) is 3.45. The van der Waals surface area contributed by atoms with E-state index in [-0.39, 0.29) is 17.9 Å². The molecule has 160 valence electrons. The molecular weight excluding hydrogens is 404 g/mol. The van der Waals surface area contributed by atoms with Gasteiger partial charge in [-0.1, -0.05) is 24.3 Å². The molecule has 2 aromatic heterocycles. The summed E-state index contributed by atoms with van der Waals surface area (Å²) >= 11 is 0. The van der Waals surface area contributed by atoms with Crippen LogP contribution < -0.4 is 15.2 Å². The molecule has 0 atom stereocenters. The second-order valence-electron chi connectivity index (χ2n) is 7.27. The van der Waals surface area contributed by atoms with Crippen molar-refractivity contribution in [3.8, 4) is 16.9 Å². The van der Waals surface area contributed by atoms with Crippen molar-refractivity contribution in [3.05, 3.63) is 70.8 Å². The predicted octanol–water partition coefficient (Wildman–Crippen LogP) is 3.51. The highest BCUT2D eigenvalue weighted by Crippen LogP contribution is 2.26. The highest BCUT2D eigenvalue weighted by molar-refractivity contribution is 5.84. The van der Waals surface area contributed by atoms with Gasteiger partial charge in [-0.05, 0) is 23.8 Å². The molecule has 0 radical (unpaired) electrons. The van der Waals surface area contributed by atoms with Gasteiger partial charge in [-0.25, -0.2) is 9.97 Å². The summed E-state index contributed by atoms with van der Waals surface area (Å²) in [6.45, 7) is -2.74. The first-order valence-electron chi connectivity index (χ1n) is 9.57. The summed E-state index contributed by atoms with van der Waals surface area (Å²) in [6.07, 6.45) is 3.45. The minimum Gasteiger partial charge on any atom is -0.434 e. The van der Waals surface area contributed by atoms with E-state index in [9.17, 15) is 13.6 Å². The highest BCUT2D eigenvalue weighted by Gasteiger charge is 2.15. The monoisotopic (exact) mass is 425 g/mol. The Labute approximate surface area is 177 Å². The fraction of sp³-hybridized carbons (Fsp3) is 0.227. The molecule has 0 saturated carbocycles. The van der Waals surface area contributed by atoms with Crippen LogP contribution in [0.1, 0.15) is 5.56 Å². The molecule has 0 spiro atoms. The number of alkyl halides is 2. The number of halogens is 2. The number of aromatic nitrogens is 4. The van der Waals surface area contributed by atoms with Crippen LogP contribution in [0.25, 0.3) is 22.0 Å². The molecule has 0 unspecified atom stereocenters. The third kappa shape index (κ3) is 3.98. The highest BCUT2D eigenvalue weighted by atomic mass is 19.3. The molecule has 0 aliphatic carbocycles. The predicted molar refractivity (Wildman–Crippen MR) is 115 cm³/mol. The third-order valence-electron chi connectivity index (χ3n) is 5.04. The molecular formula is C22H21F2N5O2. The Morgan fingerprint density at radius 3 is 2.45 bits per heavy atom. The molecule has 31 heavy (non-hydrogen) atoms. The first kappa shape index (κ1) is 20.5. The van der Waals surface area contributed by atoms with Crippen LogP contribution in [-0.4, -0.2) is 40.0 Å². The zero-order chi connectivity index (χ0) is 22.1. The molecule has 4 aromatic rings. The Kier molecular flexibility index (Phi) is 5.41. The number of para-hydroxylation sites is 1.